The fourth-order valence-corrected chi connectivity index (χ4v) is 4.17. The van der Waals surface area contributed by atoms with Gasteiger partial charge < -0.3 is 19.1 Å². The minimum Gasteiger partial charge on any atom is -0.493 e. The number of unbranched alkanes of at least 4 members (excludes halogenated alkanes) is 1. The van der Waals surface area contributed by atoms with Crippen LogP contribution in [0.25, 0.3) is 0 Å². The van der Waals surface area contributed by atoms with Crippen molar-refractivity contribution >= 4 is 5.91 Å². The Kier molecular flexibility index (Phi) is 9.72. The maximum atomic E-state index is 13.2. The lowest BCUT2D eigenvalue weighted by atomic mass is 10.1. The highest BCUT2D eigenvalue weighted by molar-refractivity contribution is 5.78. The molecule has 2 atom stereocenters. The number of piperazine rings is 1. The molecule has 0 N–H and O–H groups in total. The number of methoxy groups -OCH3 is 1. The van der Waals surface area contributed by atoms with Crippen LogP contribution in [-0.4, -0.2) is 61.2 Å². The summed E-state index contributed by atoms with van der Waals surface area (Å²) in [6.45, 7) is 9.61. The van der Waals surface area contributed by atoms with E-state index in [0.29, 0.717) is 24.7 Å². The van der Waals surface area contributed by atoms with Crippen LogP contribution in [0.1, 0.15) is 44.7 Å². The van der Waals surface area contributed by atoms with Crippen molar-refractivity contribution in [2.24, 2.45) is 0 Å². The SMILES string of the molecule is CCCCOCc1ccc(OCC(=O)N2C[C@@H](C)N(Cc3ccc(F)cc3)C[C@@H]2C)c(OC)c1. The smallest absolute Gasteiger partial charge is 0.260 e. The van der Waals surface area contributed by atoms with Crippen LogP contribution in [0.2, 0.25) is 0 Å². The summed E-state index contributed by atoms with van der Waals surface area (Å²) in [7, 11) is 1.59. The van der Waals surface area contributed by atoms with E-state index in [0.717, 1.165) is 43.7 Å². The highest BCUT2D eigenvalue weighted by Crippen LogP contribution is 2.29. The molecule has 6 nitrogen and oxygen atoms in total. The molecule has 0 radical (unpaired) electrons. The molecule has 1 saturated heterocycles. The van der Waals surface area contributed by atoms with Crippen LogP contribution in [0.15, 0.2) is 42.5 Å². The third-order valence-corrected chi connectivity index (χ3v) is 6.22. The molecule has 1 aliphatic rings. The van der Waals surface area contributed by atoms with E-state index in [1.807, 2.05) is 35.2 Å². The van der Waals surface area contributed by atoms with Crippen molar-refractivity contribution in [2.75, 3.05) is 33.4 Å². The molecule has 0 bridgehead atoms. The van der Waals surface area contributed by atoms with Crippen LogP contribution < -0.4 is 9.47 Å². The van der Waals surface area contributed by atoms with E-state index in [1.165, 1.54) is 12.1 Å². The molecular weight excluding hydrogens is 435 g/mol. The van der Waals surface area contributed by atoms with Gasteiger partial charge in [-0.3, -0.25) is 9.69 Å². The molecule has 0 unspecified atom stereocenters. The average molecular weight is 473 g/mol. The van der Waals surface area contributed by atoms with Gasteiger partial charge in [0.1, 0.15) is 5.82 Å². The van der Waals surface area contributed by atoms with Gasteiger partial charge in [-0.2, -0.15) is 0 Å². The van der Waals surface area contributed by atoms with Gasteiger partial charge in [-0.15, -0.1) is 0 Å². The number of nitrogens with zero attached hydrogens (tertiary/aromatic N) is 2. The monoisotopic (exact) mass is 472 g/mol. The number of rotatable bonds is 11. The number of carbonyl (C=O) groups is 1. The van der Waals surface area contributed by atoms with E-state index < -0.39 is 0 Å². The molecule has 0 spiro atoms. The fourth-order valence-electron chi connectivity index (χ4n) is 4.17. The van der Waals surface area contributed by atoms with Crippen molar-refractivity contribution in [1.29, 1.82) is 0 Å². The second-order valence-corrected chi connectivity index (χ2v) is 8.98. The topological polar surface area (TPSA) is 51.2 Å². The van der Waals surface area contributed by atoms with E-state index in [-0.39, 0.29) is 30.4 Å². The minimum atomic E-state index is -0.229. The maximum Gasteiger partial charge on any atom is 0.260 e. The lowest BCUT2D eigenvalue weighted by molar-refractivity contribution is -0.139. The highest BCUT2D eigenvalue weighted by Gasteiger charge is 2.32. The zero-order valence-corrected chi connectivity index (χ0v) is 20.8. The summed E-state index contributed by atoms with van der Waals surface area (Å²) in [5.74, 6) is 0.862. The molecule has 7 heteroatoms. The first kappa shape index (κ1) is 26.0. The summed E-state index contributed by atoms with van der Waals surface area (Å²) in [5.41, 5.74) is 2.07. The summed E-state index contributed by atoms with van der Waals surface area (Å²) < 4.78 is 30.2. The summed E-state index contributed by atoms with van der Waals surface area (Å²) in [4.78, 5) is 17.2. The molecule has 3 rings (SSSR count). The van der Waals surface area contributed by atoms with Gasteiger partial charge in [-0.25, -0.2) is 4.39 Å². The Balaban J connectivity index is 1.53. The van der Waals surface area contributed by atoms with Gasteiger partial charge in [0.2, 0.25) is 0 Å². The van der Waals surface area contributed by atoms with Crippen LogP contribution in [-0.2, 0) is 22.7 Å². The largest absolute Gasteiger partial charge is 0.493 e. The van der Waals surface area contributed by atoms with Gasteiger partial charge in [0.25, 0.3) is 5.91 Å². The Morgan fingerprint density at radius 2 is 1.76 bits per heavy atom. The molecular formula is C27H37FN2O4. The Morgan fingerprint density at radius 3 is 2.47 bits per heavy atom. The number of carbonyl (C=O) groups excluding carboxylic acids is 1. The molecule has 186 valence electrons. The van der Waals surface area contributed by atoms with Crippen LogP contribution in [0.5, 0.6) is 11.5 Å². The normalized spacial score (nSPS) is 18.7. The molecule has 0 saturated carbocycles. The summed E-state index contributed by atoms with van der Waals surface area (Å²) in [5, 5.41) is 0. The number of ether oxygens (including phenoxy) is 3. The van der Waals surface area contributed by atoms with E-state index in [2.05, 4.69) is 25.7 Å². The van der Waals surface area contributed by atoms with Gasteiger partial charge in [0, 0.05) is 38.3 Å². The number of hydrogen-bond donors (Lipinski definition) is 0. The van der Waals surface area contributed by atoms with Crippen LogP contribution in [0, 0.1) is 5.82 Å². The van der Waals surface area contributed by atoms with Gasteiger partial charge in [-0.1, -0.05) is 31.5 Å². The minimum absolute atomic E-state index is 0.0439. The van der Waals surface area contributed by atoms with Crippen LogP contribution in [0.4, 0.5) is 4.39 Å². The lowest BCUT2D eigenvalue weighted by Gasteiger charge is -2.44. The van der Waals surface area contributed by atoms with Crippen molar-refractivity contribution in [2.45, 2.75) is 58.8 Å². The van der Waals surface area contributed by atoms with Crippen molar-refractivity contribution in [3.63, 3.8) is 0 Å². The predicted octanol–water partition coefficient (Wildman–Crippen LogP) is 4.65. The number of amides is 1. The summed E-state index contributed by atoms with van der Waals surface area (Å²) in [6, 6.07) is 12.5. The van der Waals surface area contributed by atoms with Crippen molar-refractivity contribution in [3.05, 3.63) is 59.4 Å². The molecule has 1 heterocycles. The Hall–Kier alpha value is -2.64. The molecule has 1 aliphatic heterocycles. The maximum absolute atomic E-state index is 13.2. The summed E-state index contributed by atoms with van der Waals surface area (Å²) in [6.07, 6.45) is 2.14. The Labute approximate surface area is 202 Å². The second kappa shape index (κ2) is 12.7. The first-order valence-electron chi connectivity index (χ1n) is 12.1. The molecule has 2 aromatic rings. The van der Waals surface area contributed by atoms with Crippen LogP contribution >= 0.6 is 0 Å². The van der Waals surface area contributed by atoms with Crippen LogP contribution in [0.3, 0.4) is 0 Å². The molecule has 2 aromatic carbocycles. The molecule has 34 heavy (non-hydrogen) atoms. The average Bonchev–Trinajstić information content (AvgIpc) is 2.84. The van der Waals surface area contributed by atoms with Gasteiger partial charge in [0.15, 0.2) is 18.1 Å². The first-order chi connectivity index (χ1) is 16.4. The van der Waals surface area contributed by atoms with Gasteiger partial charge >= 0.3 is 0 Å². The summed E-state index contributed by atoms with van der Waals surface area (Å²) >= 11 is 0. The highest BCUT2D eigenvalue weighted by atomic mass is 19.1. The number of hydrogen-bond acceptors (Lipinski definition) is 5. The third kappa shape index (κ3) is 7.18. The van der Waals surface area contributed by atoms with E-state index in [1.54, 1.807) is 7.11 Å². The van der Waals surface area contributed by atoms with Gasteiger partial charge in [0.05, 0.1) is 13.7 Å². The Bertz CT molecular complexity index is 921. The quantitative estimate of drug-likeness (QED) is 0.446. The second-order valence-electron chi connectivity index (χ2n) is 8.98. The zero-order valence-electron chi connectivity index (χ0n) is 20.8. The molecule has 0 aromatic heterocycles. The van der Waals surface area contributed by atoms with E-state index in [4.69, 9.17) is 14.2 Å². The van der Waals surface area contributed by atoms with Crippen molar-refractivity contribution in [3.8, 4) is 11.5 Å². The zero-order chi connectivity index (χ0) is 24.5. The Morgan fingerprint density at radius 1 is 1.03 bits per heavy atom. The molecule has 0 aliphatic carbocycles. The predicted molar refractivity (Wildman–Crippen MR) is 131 cm³/mol. The molecule has 1 amide bonds. The van der Waals surface area contributed by atoms with E-state index in [9.17, 15) is 9.18 Å². The third-order valence-electron chi connectivity index (χ3n) is 6.22. The van der Waals surface area contributed by atoms with Crippen molar-refractivity contribution < 1.29 is 23.4 Å². The van der Waals surface area contributed by atoms with Gasteiger partial charge in [-0.05, 0) is 55.7 Å². The first-order valence-corrected chi connectivity index (χ1v) is 12.1. The standard InChI is InChI=1S/C27H37FN2O4/c1-5-6-13-33-18-23-9-12-25(26(14-23)32-4)34-19-27(31)30-16-20(2)29(15-21(30)3)17-22-7-10-24(28)11-8-22/h7-12,14,20-21H,5-6,13,15-19H2,1-4H3/t20-,21+/m1/s1. The van der Waals surface area contributed by atoms with Crippen molar-refractivity contribution in [1.82, 2.24) is 9.80 Å². The molecule has 1 fully saturated rings. The number of benzene rings is 2. The number of halogens is 1. The lowest BCUT2D eigenvalue weighted by Crippen LogP contribution is -2.58. The van der Waals surface area contributed by atoms with E-state index >= 15 is 0 Å². The fraction of sp³-hybridized carbons (Fsp3) is 0.519.